The van der Waals surface area contributed by atoms with Crippen LogP contribution in [0.3, 0.4) is 0 Å². The van der Waals surface area contributed by atoms with Gasteiger partial charge in [-0.05, 0) is 0 Å². The summed E-state index contributed by atoms with van der Waals surface area (Å²) in [6.07, 6.45) is -2.59. The summed E-state index contributed by atoms with van der Waals surface area (Å²) < 4.78 is 53.3. The molecule has 0 spiro atoms. The van der Waals surface area contributed by atoms with Gasteiger partial charge in [0.15, 0.2) is 0 Å². The van der Waals surface area contributed by atoms with E-state index in [1.165, 1.54) is 0 Å². The van der Waals surface area contributed by atoms with E-state index in [4.69, 9.17) is 29.9 Å². The zero-order chi connectivity index (χ0) is 19.7. The molecule has 15 heteroatoms. The van der Waals surface area contributed by atoms with E-state index in [1.807, 2.05) is 4.98 Å². The molecule has 3 heterocycles. The van der Waals surface area contributed by atoms with E-state index in [2.05, 4.69) is 0 Å². The molecule has 5 atom stereocenters. The van der Waals surface area contributed by atoms with Gasteiger partial charge in [0.1, 0.15) is 0 Å². The van der Waals surface area contributed by atoms with Crippen LogP contribution >= 0.6 is 7.82 Å². The summed E-state index contributed by atoms with van der Waals surface area (Å²) in [6.45, 7) is -1.50. The number of hydrogen-bond acceptors (Lipinski definition) is 10. The summed E-state index contributed by atoms with van der Waals surface area (Å²) in [5, 5.41) is 17.8. The van der Waals surface area contributed by atoms with E-state index in [0.29, 0.717) is 0 Å². The van der Waals surface area contributed by atoms with E-state index in [-0.39, 0.29) is 13.0 Å². The van der Waals surface area contributed by atoms with Gasteiger partial charge in [0.2, 0.25) is 0 Å². The van der Waals surface area contributed by atoms with E-state index in [9.17, 15) is 18.5 Å². The number of fused-ring (bicyclic) bond motifs is 1. The van der Waals surface area contributed by atoms with Crippen molar-refractivity contribution in [2.24, 2.45) is 0 Å². The standard InChI is InChI=1S/C12H16FIN2O10P/c13-12-6-23-27(21,26-14-22-5-7(18)4-17)25-8(12)3-10(24-12)16-2-1-9(19)15-11(16)20/h1-2,7-8,10,17-18H,3-6H2,(H,15,19,20)/q-1/t7?,8-,10+,12+,27?/m0/s1. The van der Waals surface area contributed by atoms with Crippen molar-refractivity contribution in [2.75, 3.05) is 19.8 Å². The fourth-order valence-corrected chi connectivity index (χ4v) is 5.62. The van der Waals surface area contributed by atoms with Crippen molar-refractivity contribution < 1.29 is 60.9 Å². The van der Waals surface area contributed by atoms with Crippen LogP contribution in [0.25, 0.3) is 0 Å². The molecular weight excluding hydrogens is 509 g/mol. The maximum absolute atomic E-state index is 14.9. The summed E-state index contributed by atoms with van der Waals surface area (Å²) in [4.78, 5) is 25.0. The first-order chi connectivity index (χ1) is 12.7. The molecule has 0 aromatic carbocycles. The summed E-state index contributed by atoms with van der Waals surface area (Å²) in [7, 11) is -4.12. The monoisotopic (exact) mass is 525 g/mol. The normalized spacial score (nSPS) is 34.5. The van der Waals surface area contributed by atoms with Gasteiger partial charge in [0, 0.05) is 0 Å². The van der Waals surface area contributed by atoms with Gasteiger partial charge in [-0.25, -0.2) is 0 Å². The van der Waals surface area contributed by atoms with E-state index < -0.39 is 78.6 Å². The molecule has 154 valence electrons. The van der Waals surface area contributed by atoms with Gasteiger partial charge in [-0.15, -0.1) is 0 Å². The number of nitrogens with zero attached hydrogens (tertiary/aromatic N) is 1. The molecule has 0 aliphatic carbocycles. The number of nitrogens with one attached hydrogen (secondary N) is 1. The molecule has 12 nitrogen and oxygen atoms in total. The zero-order valence-corrected chi connectivity index (χ0v) is 16.6. The van der Waals surface area contributed by atoms with E-state index >= 15 is 0 Å². The average Bonchev–Trinajstić information content (AvgIpc) is 2.95. The fraction of sp³-hybridized carbons (Fsp3) is 0.667. The fourth-order valence-electron chi connectivity index (χ4n) is 2.38. The molecule has 0 saturated carbocycles. The third kappa shape index (κ3) is 4.83. The summed E-state index contributed by atoms with van der Waals surface area (Å²) in [5.41, 5.74) is -1.41. The van der Waals surface area contributed by atoms with Crippen LogP contribution in [0.4, 0.5) is 4.39 Å². The number of rotatable bonds is 7. The molecule has 0 bridgehead atoms. The molecular formula is C12H16FIN2O10P-. The van der Waals surface area contributed by atoms with Gasteiger partial charge in [-0.1, -0.05) is 0 Å². The molecule has 0 radical (unpaired) electrons. The molecule has 2 aliphatic rings. The Morgan fingerprint density at radius 3 is 3.04 bits per heavy atom. The second kappa shape index (κ2) is 8.34. The molecule has 2 unspecified atom stereocenters. The Morgan fingerprint density at radius 2 is 2.33 bits per heavy atom. The maximum atomic E-state index is 14.9. The van der Waals surface area contributed by atoms with Crippen LogP contribution < -0.4 is 33.3 Å². The first-order valence-electron chi connectivity index (χ1n) is 7.60. The zero-order valence-electron chi connectivity index (χ0n) is 13.5. The van der Waals surface area contributed by atoms with Crippen LogP contribution in [0.1, 0.15) is 12.6 Å². The SMILES string of the molecule is O=c1ccn([C@H]2C[C@@H]3OP(=O)(O[I-]OCC(O)CO)OC[C@@]3(F)O2)c(=O)[nH]1. The quantitative estimate of drug-likeness (QED) is 0.182. The minimum absolute atomic E-state index is 0.179. The van der Waals surface area contributed by atoms with Crippen molar-refractivity contribution in [1.82, 2.24) is 9.55 Å². The first kappa shape index (κ1) is 21.0. The number of aromatic nitrogens is 2. The van der Waals surface area contributed by atoms with Gasteiger partial charge >= 0.3 is 162 Å². The molecule has 1 aromatic heterocycles. The number of hydrogen-bond donors (Lipinski definition) is 3. The van der Waals surface area contributed by atoms with Crippen LogP contribution in [-0.4, -0.2) is 57.6 Å². The summed E-state index contributed by atoms with van der Waals surface area (Å²) in [5.74, 6) is -2.45. The van der Waals surface area contributed by atoms with Crippen LogP contribution in [0.5, 0.6) is 0 Å². The van der Waals surface area contributed by atoms with E-state index in [1.54, 1.807) is 0 Å². The van der Waals surface area contributed by atoms with Crippen LogP contribution in [-0.2, 0) is 24.3 Å². The van der Waals surface area contributed by atoms with Crippen molar-refractivity contribution in [3.05, 3.63) is 33.1 Å². The minimum atomic E-state index is -4.12. The number of phosphoric acid groups is 1. The van der Waals surface area contributed by atoms with Gasteiger partial charge < -0.3 is 0 Å². The van der Waals surface area contributed by atoms with Crippen molar-refractivity contribution >= 4 is 7.82 Å². The Hall–Kier alpha value is -0.710. The summed E-state index contributed by atoms with van der Waals surface area (Å²) >= 11 is -1.63. The molecule has 1 aromatic rings. The average molecular weight is 525 g/mol. The number of aliphatic hydroxyl groups is 2. The number of aromatic amines is 1. The Kier molecular flexibility index (Phi) is 6.49. The number of phosphoric ester groups is 1. The molecule has 2 aliphatic heterocycles. The molecule has 27 heavy (non-hydrogen) atoms. The molecule has 3 rings (SSSR count). The van der Waals surface area contributed by atoms with Gasteiger partial charge in [-0.3, -0.25) is 0 Å². The molecule has 2 saturated heterocycles. The van der Waals surface area contributed by atoms with Crippen molar-refractivity contribution in [3.8, 4) is 0 Å². The predicted octanol–water partition coefficient (Wildman–Crippen LogP) is -4.05. The number of ether oxygens (including phenoxy) is 1. The molecule has 0 amide bonds. The topological polar surface area (TPSA) is 159 Å². The second-order valence-electron chi connectivity index (χ2n) is 5.67. The molecule has 2 fully saturated rings. The summed E-state index contributed by atoms with van der Waals surface area (Å²) in [6, 6.07) is 1.07. The number of halogens is 2. The third-order valence-electron chi connectivity index (χ3n) is 3.69. The number of H-pyrrole nitrogens is 1. The molecule has 3 N–H and O–H groups in total. The Morgan fingerprint density at radius 1 is 1.56 bits per heavy atom. The van der Waals surface area contributed by atoms with Gasteiger partial charge in [0.25, 0.3) is 0 Å². The third-order valence-corrected chi connectivity index (χ3v) is 7.42. The number of alkyl halides is 1. The van der Waals surface area contributed by atoms with E-state index in [0.717, 1.165) is 16.8 Å². The van der Waals surface area contributed by atoms with Crippen molar-refractivity contribution in [3.63, 3.8) is 0 Å². The predicted molar refractivity (Wildman–Crippen MR) is 78.5 cm³/mol. The van der Waals surface area contributed by atoms with Crippen LogP contribution in [0.15, 0.2) is 21.9 Å². The Bertz CT molecular complexity index is 835. The van der Waals surface area contributed by atoms with Crippen molar-refractivity contribution in [1.29, 1.82) is 0 Å². The van der Waals surface area contributed by atoms with Gasteiger partial charge in [-0.2, -0.15) is 0 Å². The van der Waals surface area contributed by atoms with Crippen molar-refractivity contribution in [2.45, 2.75) is 30.7 Å². The van der Waals surface area contributed by atoms with Crippen LogP contribution in [0.2, 0.25) is 0 Å². The second-order valence-corrected chi connectivity index (χ2v) is 9.34. The number of aliphatic hydroxyl groups excluding tert-OH is 2. The Labute approximate surface area is 162 Å². The first-order valence-corrected chi connectivity index (χ1v) is 10.8. The Balaban J connectivity index is 1.62. The van der Waals surface area contributed by atoms with Gasteiger partial charge in [0.05, 0.1) is 0 Å². The van der Waals surface area contributed by atoms with Crippen LogP contribution in [0, 0.1) is 0 Å².